The number of allylic oxidation sites excluding steroid dienone is 11. The van der Waals surface area contributed by atoms with Crippen LogP contribution < -0.4 is 14.2 Å². The summed E-state index contributed by atoms with van der Waals surface area (Å²) in [4.78, 5) is 51.7. The average Bonchev–Trinajstić information content (AvgIpc) is 1.79. The molecule has 6 atom stereocenters. The molecular formula is C73H97NO15. The van der Waals surface area contributed by atoms with Gasteiger partial charge in [0.2, 0.25) is 0 Å². The van der Waals surface area contributed by atoms with Crippen molar-refractivity contribution in [3.8, 4) is 17.2 Å². The Kier molecular flexibility index (Phi) is 43.4. The maximum absolute atomic E-state index is 12.7. The van der Waals surface area contributed by atoms with Crippen molar-refractivity contribution >= 4 is 42.8 Å². The van der Waals surface area contributed by atoms with Crippen molar-refractivity contribution < 1.29 is 71.3 Å². The number of nitrogens with one attached hydrogen (secondary N) is 1. The van der Waals surface area contributed by atoms with Crippen LogP contribution in [0, 0.1) is 29.1 Å². The summed E-state index contributed by atoms with van der Waals surface area (Å²) < 4.78 is 55.5. The molecule has 16 nitrogen and oxygen atoms in total. The summed E-state index contributed by atoms with van der Waals surface area (Å²) >= 11 is 0. The van der Waals surface area contributed by atoms with Crippen molar-refractivity contribution in [2.75, 3.05) is 80.8 Å². The normalized spacial score (nSPS) is 17.0. The lowest BCUT2D eigenvalue weighted by atomic mass is 9.80. The minimum absolute atomic E-state index is 0.0925. The molecule has 3 aromatic carbocycles. The van der Waals surface area contributed by atoms with Gasteiger partial charge in [0.05, 0.1) is 25.4 Å². The van der Waals surface area contributed by atoms with Crippen LogP contribution in [-0.4, -0.2) is 130 Å². The van der Waals surface area contributed by atoms with Gasteiger partial charge in [-0.15, -0.1) is 0 Å². The quantitative estimate of drug-likeness (QED) is 0.0111. The number of aldehydes is 3. The van der Waals surface area contributed by atoms with Crippen molar-refractivity contribution in [2.24, 2.45) is 23.7 Å². The maximum atomic E-state index is 12.7. The van der Waals surface area contributed by atoms with Crippen LogP contribution in [0.1, 0.15) is 105 Å². The molecule has 89 heavy (non-hydrogen) atoms. The number of unbranched alkanes of at least 4 members (excludes halogenated alkanes) is 2. The fraction of sp³-hybridized carbons (Fsp3) is 0.425. The number of hydrogen-bond acceptors (Lipinski definition) is 16. The molecule has 1 N–H and O–H groups in total. The van der Waals surface area contributed by atoms with E-state index in [1.165, 1.54) is 69.4 Å². The molecule has 0 aliphatic heterocycles. The first-order valence-electron chi connectivity index (χ1n) is 30.5. The highest BCUT2D eigenvalue weighted by Crippen LogP contribution is 2.52. The van der Waals surface area contributed by atoms with Crippen LogP contribution in [0.2, 0.25) is 0 Å². The first kappa shape index (κ1) is 77.2. The van der Waals surface area contributed by atoms with E-state index >= 15 is 0 Å². The lowest BCUT2D eigenvalue weighted by Gasteiger charge is -2.25. The van der Waals surface area contributed by atoms with Crippen molar-refractivity contribution in [3.63, 3.8) is 0 Å². The summed E-state index contributed by atoms with van der Waals surface area (Å²) in [7, 11) is 4.95. The number of rotatable bonds is 35. The third-order valence-electron chi connectivity index (χ3n) is 14.0. The molecule has 0 radical (unpaired) electrons. The number of methoxy groups -OCH3 is 3. The van der Waals surface area contributed by atoms with Gasteiger partial charge in [-0.2, -0.15) is 0 Å². The summed E-state index contributed by atoms with van der Waals surface area (Å²) in [6.45, 7) is 22.8. The minimum Gasteiger partial charge on any atom is -0.491 e. The SMILES string of the molecule is C1CCC1.C=CC(=O)OC(COCCCCOC)COc1ccc(C(=C)Oc2ccc(CCOC(=O)c3ccc(OCC(COCCCCOC)OC)cc3)cc2C=N)cc1.C=CC=O.C=CC=O.C=CC=O.CC/C=C1\C2C=CC=CC2C2CCC=CC12. The maximum Gasteiger partial charge on any atom is 0.338 e. The third-order valence-corrected chi connectivity index (χ3v) is 14.0. The molecule has 0 amide bonds. The van der Waals surface area contributed by atoms with E-state index in [0.29, 0.717) is 111 Å². The Labute approximate surface area is 529 Å². The topological polar surface area (TPSA) is 202 Å². The van der Waals surface area contributed by atoms with Gasteiger partial charge in [0.25, 0.3) is 0 Å². The molecule has 0 spiro atoms. The van der Waals surface area contributed by atoms with Crippen molar-refractivity contribution in [1.82, 2.24) is 0 Å². The van der Waals surface area contributed by atoms with Gasteiger partial charge in [-0.05, 0) is 141 Å². The second-order valence-corrected chi connectivity index (χ2v) is 20.5. The van der Waals surface area contributed by atoms with Crippen LogP contribution in [0.5, 0.6) is 17.2 Å². The third kappa shape index (κ3) is 32.3. The summed E-state index contributed by atoms with van der Waals surface area (Å²) in [6.07, 6.45) is 37.4. The lowest BCUT2D eigenvalue weighted by Crippen LogP contribution is -2.29. The molecule has 0 saturated heterocycles. The van der Waals surface area contributed by atoms with Crippen LogP contribution in [-0.2, 0) is 58.8 Å². The molecular weight excluding hydrogens is 1130 g/mol. The van der Waals surface area contributed by atoms with Gasteiger partial charge in [-0.1, -0.05) is 120 Å². The Hall–Kier alpha value is -7.86. The number of fused-ring (bicyclic) bond motifs is 3. The van der Waals surface area contributed by atoms with Gasteiger partial charge >= 0.3 is 11.9 Å². The molecule has 2 saturated carbocycles. The molecule has 7 rings (SSSR count). The first-order valence-corrected chi connectivity index (χ1v) is 30.5. The van der Waals surface area contributed by atoms with Crippen molar-refractivity contribution in [2.45, 2.75) is 96.2 Å². The Morgan fingerprint density at radius 3 is 1.71 bits per heavy atom. The van der Waals surface area contributed by atoms with Gasteiger partial charge < -0.3 is 52.8 Å². The standard InChI is InChI=1S/C44H57NO12.C16H20.C4H8.3C3H4O/c1-6-43(46)57-41(30-52-25-10-8-23-49-4)32-55-38-16-12-35(13-17-38)33(2)56-42-20-11-34(27-37(42)28-45)21-26-53-44(47)36-14-18-39(19-15-36)54-31-40(50-5)29-51-24-9-7-22-48-3;1-2-7-12-13-8-3-5-10-15(13)16-11-6-4-9-14(12)16;1-2-4-3-1;3*1-2-3-4/h6,11-20,27-28,40-41,45H,1-2,7-10,21-26,29-32H2,3-5H3;3-5,7-10,13-16H,2,6,11H2,1H3;1-4H2;3*2-3H,1H2/b;12-7+;;;;. The smallest absolute Gasteiger partial charge is 0.338 e. The van der Waals surface area contributed by atoms with Crippen molar-refractivity contribution in [1.29, 1.82) is 5.41 Å². The summed E-state index contributed by atoms with van der Waals surface area (Å²) in [5.74, 6) is 4.05. The highest BCUT2D eigenvalue weighted by molar-refractivity contribution is 5.89. The number of benzene rings is 3. The fourth-order valence-corrected chi connectivity index (χ4v) is 9.13. The zero-order valence-electron chi connectivity index (χ0n) is 53.0. The molecule has 16 heteroatoms. The lowest BCUT2D eigenvalue weighted by molar-refractivity contribution is -0.148. The summed E-state index contributed by atoms with van der Waals surface area (Å²) in [5.41, 5.74) is 4.20. The zero-order valence-corrected chi connectivity index (χ0v) is 53.0. The molecule has 6 unspecified atom stereocenters. The monoisotopic (exact) mass is 1230 g/mol. The predicted molar refractivity (Wildman–Crippen MR) is 353 cm³/mol. The van der Waals surface area contributed by atoms with Gasteiger partial charge in [-0.25, -0.2) is 9.59 Å². The highest BCUT2D eigenvalue weighted by Gasteiger charge is 2.44. The van der Waals surface area contributed by atoms with Crippen LogP contribution >= 0.6 is 0 Å². The highest BCUT2D eigenvalue weighted by atomic mass is 16.6. The van der Waals surface area contributed by atoms with Crippen molar-refractivity contribution in [3.05, 3.63) is 194 Å². The zero-order chi connectivity index (χ0) is 65.1. The number of hydrogen-bond donors (Lipinski definition) is 1. The van der Waals surface area contributed by atoms with Crippen LogP contribution in [0.25, 0.3) is 5.76 Å². The average molecular weight is 1230 g/mol. The Morgan fingerprint density at radius 2 is 1.19 bits per heavy atom. The molecule has 4 aliphatic carbocycles. The van der Waals surface area contributed by atoms with Crippen LogP contribution in [0.4, 0.5) is 0 Å². The Morgan fingerprint density at radius 1 is 0.652 bits per heavy atom. The van der Waals surface area contributed by atoms with E-state index in [4.69, 9.17) is 67.2 Å². The van der Waals surface area contributed by atoms with E-state index in [1.807, 2.05) is 12.1 Å². The Bertz CT molecular complexity index is 2620. The molecule has 484 valence electrons. The van der Waals surface area contributed by atoms with E-state index < -0.39 is 18.0 Å². The summed E-state index contributed by atoms with van der Waals surface area (Å²) in [6, 6.07) is 19.3. The predicted octanol–water partition coefficient (Wildman–Crippen LogP) is 13.8. The first-order chi connectivity index (χ1) is 43.4. The molecule has 3 aromatic rings. The molecule has 2 fully saturated rings. The molecule has 0 bridgehead atoms. The summed E-state index contributed by atoms with van der Waals surface area (Å²) in [5, 5.41) is 7.96. The second kappa shape index (κ2) is 50.1. The largest absolute Gasteiger partial charge is 0.491 e. The van der Waals surface area contributed by atoms with Gasteiger partial charge in [0.1, 0.15) is 61.2 Å². The van der Waals surface area contributed by atoms with E-state index in [-0.39, 0.29) is 25.9 Å². The Balaban J connectivity index is 0.000000673. The minimum atomic E-state index is -0.614. The van der Waals surface area contributed by atoms with E-state index in [2.05, 4.69) is 82.4 Å². The van der Waals surface area contributed by atoms with Gasteiger partial charge in [0.15, 0.2) is 6.10 Å². The van der Waals surface area contributed by atoms with Gasteiger partial charge in [-0.3, -0.25) is 14.4 Å². The molecule has 0 aromatic heterocycles. The molecule has 4 aliphatic rings. The molecule has 0 heterocycles. The fourth-order valence-electron chi connectivity index (χ4n) is 9.13. The van der Waals surface area contributed by atoms with E-state index in [9.17, 15) is 9.59 Å². The van der Waals surface area contributed by atoms with Crippen LogP contribution in [0.15, 0.2) is 172 Å². The number of carbonyl (C=O) groups excluding carboxylic acids is 5. The number of carbonyl (C=O) groups is 5. The second-order valence-electron chi connectivity index (χ2n) is 20.5. The van der Waals surface area contributed by atoms with E-state index in [0.717, 1.165) is 55.1 Å². The number of ether oxygens (including phenoxy) is 10. The van der Waals surface area contributed by atoms with Gasteiger partial charge in [0, 0.05) is 89.4 Å². The van der Waals surface area contributed by atoms with Crippen LogP contribution in [0.3, 0.4) is 0 Å². The number of esters is 2. The van der Waals surface area contributed by atoms with E-state index in [1.54, 1.807) is 81.5 Å².